The lowest BCUT2D eigenvalue weighted by atomic mass is 10.2. The molecule has 0 amide bonds. The molecule has 0 N–H and O–H groups in total. The molecule has 4 aromatic rings. The highest BCUT2D eigenvalue weighted by atomic mass is 16.3. The highest BCUT2D eigenvalue weighted by Gasteiger charge is 2.08. The monoisotopic (exact) mass is 234 g/mol. The summed E-state index contributed by atoms with van der Waals surface area (Å²) in [6, 6.07) is 14.1. The lowest BCUT2D eigenvalue weighted by molar-refractivity contribution is 0.580. The van der Waals surface area contributed by atoms with Crippen LogP contribution in [0.1, 0.15) is 0 Å². The van der Waals surface area contributed by atoms with Crippen molar-refractivity contribution in [2.24, 2.45) is 0 Å². The highest BCUT2D eigenvalue weighted by molar-refractivity contribution is 5.94. The Balaban J connectivity index is 2.08. The zero-order valence-corrected chi connectivity index (χ0v) is 9.58. The Labute approximate surface area is 103 Å². The SMILES string of the molecule is c1coc(-c2cn3ccc4ccccc4c3n2)c1. The molecule has 0 saturated heterocycles. The Morgan fingerprint density at radius 3 is 2.83 bits per heavy atom. The Morgan fingerprint density at radius 1 is 1.00 bits per heavy atom. The predicted octanol–water partition coefficient (Wildman–Crippen LogP) is 3.75. The molecule has 3 heterocycles. The molecule has 0 unspecified atom stereocenters. The van der Waals surface area contributed by atoms with Gasteiger partial charge in [-0.3, -0.25) is 0 Å². The predicted molar refractivity (Wildman–Crippen MR) is 70.4 cm³/mol. The second kappa shape index (κ2) is 3.47. The molecule has 0 atom stereocenters. The number of benzene rings is 1. The minimum absolute atomic E-state index is 0.794. The van der Waals surface area contributed by atoms with Crippen LogP contribution in [0, 0.1) is 0 Å². The Hall–Kier alpha value is -2.55. The standard InChI is InChI=1S/C15H10N2O/c1-2-5-12-11(4-1)7-8-17-10-13(16-15(12)17)14-6-3-9-18-14/h1-10H. The van der Waals surface area contributed by atoms with Gasteiger partial charge in [-0.15, -0.1) is 0 Å². The lowest BCUT2D eigenvalue weighted by Crippen LogP contribution is -1.83. The first-order chi connectivity index (χ1) is 8.92. The minimum atomic E-state index is 0.794. The Kier molecular flexibility index (Phi) is 1.83. The first-order valence-electron chi connectivity index (χ1n) is 5.82. The van der Waals surface area contributed by atoms with Gasteiger partial charge in [-0.25, -0.2) is 4.98 Å². The topological polar surface area (TPSA) is 30.4 Å². The Morgan fingerprint density at radius 2 is 1.94 bits per heavy atom. The van der Waals surface area contributed by atoms with Crippen LogP contribution in [0.4, 0.5) is 0 Å². The summed E-state index contributed by atoms with van der Waals surface area (Å²) in [7, 11) is 0. The summed E-state index contributed by atoms with van der Waals surface area (Å²) >= 11 is 0. The van der Waals surface area contributed by atoms with Gasteiger partial charge < -0.3 is 8.82 Å². The van der Waals surface area contributed by atoms with Crippen molar-refractivity contribution in [3.8, 4) is 11.5 Å². The molecule has 4 rings (SSSR count). The molecule has 0 fully saturated rings. The highest BCUT2D eigenvalue weighted by Crippen LogP contribution is 2.24. The average molecular weight is 234 g/mol. The van der Waals surface area contributed by atoms with Crippen LogP contribution in [0.3, 0.4) is 0 Å². The van der Waals surface area contributed by atoms with Crippen LogP contribution in [-0.4, -0.2) is 9.38 Å². The molecule has 1 aromatic carbocycles. The van der Waals surface area contributed by atoms with Crippen molar-refractivity contribution in [2.75, 3.05) is 0 Å². The number of aromatic nitrogens is 2. The van der Waals surface area contributed by atoms with E-state index in [9.17, 15) is 0 Å². The molecule has 0 radical (unpaired) electrons. The van der Waals surface area contributed by atoms with Crippen LogP contribution < -0.4 is 0 Å². The van der Waals surface area contributed by atoms with E-state index in [1.807, 2.05) is 41.1 Å². The minimum Gasteiger partial charge on any atom is -0.463 e. The zero-order chi connectivity index (χ0) is 11.9. The van der Waals surface area contributed by atoms with Gasteiger partial charge >= 0.3 is 0 Å². The summed E-state index contributed by atoms with van der Waals surface area (Å²) in [6.07, 6.45) is 5.68. The molecule has 0 saturated carbocycles. The number of imidazole rings is 1. The maximum absolute atomic E-state index is 5.39. The summed E-state index contributed by atoms with van der Waals surface area (Å²) in [5.41, 5.74) is 1.82. The third-order valence-electron chi connectivity index (χ3n) is 3.12. The lowest BCUT2D eigenvalue weighted by Gasteiger charge is -1.98. The number of furan rings is 1. The van der Waals surface area contributed by atoms with Crippen molar-refractivity contribution >= 4 is 16.4 Å². The smallest absolute Gasteiger partial charge is 0.153 e. The zero-order valence-electron chi connectivity index (χ0n) is 9.58. The fourth-order valence-electron chi connectivity index (χ4n) is 2.26. The van der Waals surface area contributed by atoms with Crippen LogP contribution in [-0.2, 0) is 0 Å². The first-order valence-corrected chi connectivity index (χ1v) is 5.82. The molecule has 0 bridgehead atoms. The number of rotatable bonds is 1. The normalized spacial score (nSPS) is 11.3. The Bertz CT molecular complexity index is 828. The van der Waals surface area contributed by atoms with Crippen molar-refractivity contribution in [3.05, 3.63) is 61.1 Å². The van der Waals surface area contributed by atoms with E-state index in [4.69, 9.17) is 4.42 Å². The van der Waals surface area contributed by atoms with Crippen LogP contribution in [0.2, 0.25) is 0 Å². The molecule has 18 heavy (non-hydrogen) atoms. The maximum Gasteiger partial charge on any atom is 0.153 e. The maximum atomic E-state index is 5.39. The van der Waals surface area contributed by atoms with Crippen LogP contribution >= 0.6 is 0 Å². The molecule has 0 aliphatic carbocycles. The second-order valence-electron chi connectivity index (χ2n) is 4.24. The molecular formula is C15H10N2O. The van der Waals surface area contributed by atoms with Crippen LogP contribution in [0.5, 0.6) is 0 Å². The van der Waals surface area contributed by atoms with E-state index in [0.717, 1.165) is 22.5 Å². The fourth-order valence-corrected chi connectivity index (χ4v) is 2.26. The second-order valence-corrected chi connectivity index (χ2v) is 4.24. The number of hydrogen-bond acceptors (Lipinski definition) is 2. The number of pyridine rings is 1. The third-order valence-corrected chi connectivity index (χ3v) is 3.12. The first kappa shape index (κ1) is 9.48. The molecule has 3 aromatic heterocycles. The van der Waals surface area contributed by atoms with Gasteiger partial charge in [0.2, 0.25) is 0 Å². The van der Waals surface area contributed by atoms with E-state index in [-0.39, 0.29) is 0 Å². The van der Waals surface area contributed by atoms with Gasteiger partial charge in [-0.1, -0.05) is 24.3 Å². The van der Waals surface area contributed by atoms with Gasteiger partial charge in [0.05, 0.1) is 6.26 Å². The molecule has 0 spiro atoms. The molecule has 3 heteroatoms. The van der Waals surface area contributed by atoms with E-state index in [1.165, 1.54) is 5.39 Å². The molecular weight excluding hydrogens is 224 g/mol. The molecule has 3 nitrogen and oxygen atoms in total. The van der Waals surface area contributed by atoms with Gasteiger partial charge in [0.15, 0.2) is 5.76 Å². The van der Waals surface area contributed by atoms with Crippen molar-refractivity contribution in [2.45, 2.75) is 0 Å². The quantitative estimate of drug-likeness (QED) is 0.502. The van der Waals surface area contributed by atoms with Crippen molar-refractivity contribution in [1.29, 1.82) is 0 Å². The number of fused-ring (bicyclic) bond motifs is 3. The van der Waals surface area contributed by atoms with E-state index >= 15 is 0 Å². The summed E-state index contributed by atoms with van der Waals surface area (Å²) in [5, 5.41) is 2.35. The molecule has 0 aliphatic rings. The molecule has 0 aliphatic heterocycles. The van der Waals surface area contributed by atoms with Gasteiger partial charge in [-0.05, 0) is 23.6 Å². The summed E-state index contributed by atoms with van der Waals surface area (Å²) in [4.78, 5) is 4.65. The van der Waals surface area contributed by atoms with Crippen molar-refractivity contribution < 1.29 is 4.42 Å². The molecule has 86 valence electrons. The van der Waals surface area contributed by atoms with E-state index in [0.29, 0.717) is 0 Å². The fraction of sp³-hybridized carbons (Fsp3) is 0. The average Bonchev–Trinajstić information content (AvgIpc) is 3.07. The van der Waals surface area contributed by atoms with Gasteiger partial charge in [0.25, 0.3) is 0 Å². The van der Waals surface area contributed by atoms with Gasteiger partial charge in [0.1, 0.15) is 11.3 Å². The van der Waals surface area contributed by atoms with E-state index in [1.54, 1.807) is 6.26 Å². The largest absolute Gasteiger partial charge is 0.463 e. The summed E-state index contributed by atoms with van der Waals surface area (Å²) < 4.78 is 7.41. The van der Waals surface area contributed by atoms with E-state index in [2.05, 4.69) is 23.2 Å². The van der Waals surface area contributed by atoms with Gasteiger partial charge in [-0.2, -0.15) is 0 Å². The van der Waals surface area contributed by atoms with Crippen molar-refractivity contribution in [3.63, 3.8) is 0 Å². The van der Waals surface area contributed by atoms with E-state index < -0.39 is 0 Å². The van der Waals surface area contributed by atoms with Crippen molar-refractivity contribution in [1.82, 2.24) is 9.38 Å². The summed E-state index contributed by atoms with van der Waals surface area (Å²) in [6.45, 7) is 0. The summed E-state index contributed by atoms with van der Waals surface area (Å²) in [5.74, 6) is 0.794. The van der Waals surface area contributed by atoms with Crippen LogP contribution in [0.25, 0.3) is 27.9 Å². The number of nitrogens with zero attached hydrogens (tertiary/aromatic N) is 2. The van der Waals surface area contributed by atoms with Crippen LogP contribution in [0.15, 0.2) is 65.5 Å². The number of hydrogen-bond donors (Lipinski definition) is 0. The third kappa shape index (κ3) is 1.27. The van der Waals surface area contributed by atoms with Gasteiger partial charge in [0, 0.05) is 17.8 Å².